The van der Waals surface area contributed by atoms with Crippen LogP contribution in [0.5, 0.6) is 0 Å². The number of likely N-dealkylation sites (N-methyl/N-ethyl adjacent to an activating group) is 1. The lowest BCUT2D eigenvalue weighted by molar-refractivity contribution is 0.0735. The van der Waals surface area contributed by atoms with Crippen LogP contribution in [-0.2, 0) is 20.0 Å². The van der Waals surface area contributed by atoms with Gasteiger partial charge in [0, 0.05) is 80.3 Å². The molecule has 6 heterocycles. The van der Waals surface area contributed by atoms with Crippen molar-refractivity contribution < 1.29 is 4.79 Å². The molecule has 7 rings (SSSR count). The van der Waals surface area contributed by atoms with Crippen LogP contribution in [0.25, 0.3) is 21.6 Å². The van der Waals surface area contributed by atoms with Crippen LogP contribution in [0.4, 0.5) is 17.3 Å². The van der Waals surface area contributed by atoms with Gasteiger partial charge in [-0.1, -0.05) is 6.07 Å². The summed E-state index contributed by atoms with van der Waals surface area (Å²) in [5, 5.41) is 8.80. The Morgan fingerprint density at radius 2 is 1.90 bits per heavy atom. The van der Waals surface area contributed by atoms with E-state index in [4.69, 9.17) is 9.97 Å². The molecule has 2 aliphatic heterocycles. The van der Waals surface area contributed by atoms with Crippen LogP contribution in [0.2, 0.25) is 0 Å². The summed E-state index contributed by atoms with van der Waals surface area (Å²) in [6, 6.07) is 12.7. The molecule has 11 heteroatoms. The second-order valence-corrected chi connectivity index (χ2v) is 12.1. The third-order valence-corrected chi connectivity index (χ3v) is 9.26. The highest BCUT2D eigenvalue weighted by Crippen LogP contribution is 2.38. The first-order valence-electron chi connectivity index (χ1n) is 14.0. The second-order valence-electron chi connectivity index (χ2n) is 10.9. The third-order valence-electron chi connectivity index (χ3n) is 8.02. The van der Waals surface area contributed by atoms with E-state index in [1.807, 2.05) is 37.3 Å². The fourth-order valence-corrected chi connectivity index (χ4v) is 6.93. The van der Waals surface area contributed by atoms with Gasteiger partial charge in [0.2, 0.25) is 5.95 Å². The van der Waals surface area contributed by atoms with E-state index in [9.17, 15) is 4.79 Å². The lowest BCUT2D eigenvalue weighted by Crippen LogP contribution is -2.44. The number of nitrogens with zero attached hydrogens (tertiary/aromatic N) is 7. The molecule has 10 nitrogen and oxygen atoms in total. The van der Waals surface area contributed by atoms with Crippen LogP contribution in [0, 0.1) is 6.92 Å². The van der Waals surface area contributed by atoms with Crippen LogP contribution in [0.15, 0.2) is 48.8 Å². The molecule has 2 N–H and O–H groups in total. The number of fused-ring (bicyclic) bond motifs is 2. The lowest BCUT2D eigenvalue weighted by Gasteiger charge is -2.34. The Kier molecular flexibility index (Phi) is 6.47. The van der Waals surface area contributed by atoms with Gasteiger partial charge in [0.25, 0.3) is 5.91 Å². The first kappa shape index (κ1) is 25.7. The highest BCUT2D eigenvalue weighted by atomic mass is 32.1. The maximum absolute atomic E-state index is 13.3. The number of piperazine rings is 1. The molecular formula is C30H33N9OS. The van der Waals surface area contributed by atoms with E-state index in [2.05, 4.69) is 62.6 Å². The first-order valence-corrected chi connectivity index (χ1v) is 14.8. The number of hydrogen-bond acceptors (Lipinski definition) is 8. The standard InChI is InChI=1S/C30H33N9OS/c1-19-24(18-37(3)35-19)29(40)39-10-8-25-20(17-39)15-26(41-25)27-23-7-9-31-28(23)34-30(33-27)32-21-5-4-6-22(16-21)38-13-11-36(2)12-14-38/h4-7,9,15-16,18H,8,10-14,17H2,1-3H3,(H2,31,32,33,34). The number of anilines is 3. The molecule has 1 saturated heterocycles. The Morgan fingerprint density at radius 3 is 2.71 bits per heavy atom. The summed E-state index contributed by atoms with van der Waals surface area (Å²) in [7, 11) is 4.02. The second kappa shape index (κ2) is 10.3. The number of carbonyl (C=O) groups excluding carboxylic acids is 1. The minimum Gasteiger partial charge on any atom is -0.369 e. The number of carbonyl (C=O) groups is 1. The number of aryl methyl sites for hydroxylation is 2. The maximum Gasteiger partial charge on any atom is 0.257 e. The van der Waals surface area contributed by atoms with Gasteiger partial charge in [-0.25, -0.2) is 4.98 Å². The summed E-state index contributed by atoms with van der Waals surface area (Å²) in [5.41, 5.74) is 6.47. The zero-order valence-corrected chi connectivity index (χ0v) is 24.3. The van der Waals surface area contributed by atoms with Gasteiger partial charge in [0.05, 0.1) is 21.8 Å². The zero-order chi connectivity index (χ0) is 28.1. The summed E-state index contributed by atoms with van der Waals surface area (Å²) in [4.78, 5) is 35.4. The summed E-state index contributed by atoms with van der Waals surface area (Å²) in [5.74, 6) is 0.593. The van der Waals surface area contributed by atoms with Gasteiger partial charge in [0.15, 0.2) is 0 Å². The third kappa shape index (κ3) is 4.95. The molecule has 0 unspecified atom stereocenters. The number of aromatic nitrogens is 5. The SMILES string of the molecule is Cc1nn(C)cc1C(=O)N1CCc2sc(-c3nc(Nc4cccc(N5CCN(C)CC5)c4)nc4[nH]ccc34)cc2C1. The van der Waals surface area contributed by atoms with E-state index in [1.165, 1.54) is 16.1 Å². The number of nitrogens with one attached hydrogen (secondary N) is 2. The van der Waals surface area contributed by atoms with Crippen molar-refractivity contribution in [2.45, 2.75) is 19.9 Å². The van der Waals surface area contributed by atoms with Gasteiger partial charge in [0.1, 0.15) is 5.65 Å². The van der Waals surface area contributed by atoms with E-state index in [1.54, 1.807) is 16.0 Å². The average molecular weight is 568 g/mol. The molecule has 0 bridgehead atoms. The van der Waals surface area contributed by atoms with Crippen molar-refractivity contribution in [3.8, 4) is 10.6 Å². The summed E-state index contributed by atoms with van der Waals surface area (Å²) >= 11 is 1.76. The fraction of sp³-hybridized carbons (Fsp3) is 0.333. The van der Waals surface area contributed by atoms with Crippen LogP contribution < -0.4 is 10.2 Å². The van der Waals surface area contributed by atoms with Gasteiger partial charge in [-0.15, -0.1) is 11.3 Å². The van der Waals surface area contributed by atoms with Gasteiger partial charge < -0.3 is 25.0 Å². The van der Waals surface area contributed by atoms with Crippen molar-refractivity contribution in [2.24, 2.45) is 7.05 Å². The molecule has 0 aliphatic carbocycles. The topological polar surface area (TPSA) is 98.2 Å². The first-order chi connectivity index (χ1) is 19.9. The van der Waals surface area contributed by atoms with Gasteiger partial charge in [-0.05, 0) is 56.3 Å². The zero-order valence-electron chi connectivity index (χ0n) is 23.5. The normalized spacial score (nSPS) is 15.9. The average Bonchev–Trinajstić information content (AvgIpc) is 3.70. The molecular weight excluding hydrogens is 534 g/mol. The number of amides is 1. The molecule has 1 fully saturated rings. The minimum absolute atomic E-state index is 0.0364. The quantitative estimate of drug-likeness (QED) is 0.324. The number of H-pyrrole nitrogens is 1. The summed E-state index contributed by atoms with van der Waals surface area (Å²) < 4.78 is 1.70. The fourth-order valence-electron chi connectivity index (χ4n) is 5.76. The molecule has 1 aromatic carbocycles. The van der Waals surface area contributed by atoms with Crippen molar-refractivity contribution >= 4 is 45.6 Å². The van der Waals surface area contributed by atoms with Crippen LogP contribution in [0.1, 0.15) is 26.5 Å². The Bertz CT molecular complexity index is 1740. The molecule has 0 saturated carbocycles. The predicted octanol–water partition coefficient (Wildman–Crippen LogP) is 4.42. The minimum atomic E-state index is 0.0364. The van der Waals surface area contributed by atoms with Gasteiger partial charge >= 0.3 is 0 Å². The number of benzene rings is 1. The highest BCUT2D eigenvalue weighted by Gasteiger charge is 2.27. The predicted molar refractivity (Wildman–Crippen MR) is 163 cm³/mol. The number of hydrogen-bond donors (Lipinski definition) is 2. The Balaban J connectivity index is 1.15. The van der Waals surface area contributed by atoms with Crippen LogP contribution in [0.3, 0.4) is 0 Å². The Morgan fingerprint density at radius 1 is 1.05 bits per heavy atom. The smallest absolute Gasteiger partial charge is 0.257 e. The number of aromatic amines is 1. The van der Waals surface area contributed by atoms with Crippen molar-refractivity contribution in [3.63, 3.8) is 0 Å². The monoisotopic (exact) mass is 567 g/mol. The molecule has 210 valence electrons. The van der Waals surface area contributed by atoms with E-state index in [0.29, 0.717) is 24.6 Å². The van der Waals surface area contributed by atoms with E-state index in [0.717, 1.165) is 65.6 Å². The van der Waals surface area contributed by atoms with Crippen molar-refractivity contribution in [2.75, 3.05) is 50.0 Å². The van der Waals surface area contributed by atoms with Crippen molar-refractivity contribution in [1.82, 2.24) is 34.5 Å². The van der Waals surface area contributed by atoms with Gasteiger partial charge in [-0.3, -0.25) is 9.48 Å². The van der Waals surface area contributed by atoms with E-state index < -0.39 is 0 Å². The molecule has 1 amide bonds. The number of thiophene rings is 1. The van der Waals surface area contributed by atoms with Crippen molar-refractivity contribution in [1.29, 1.82) is 0 Å². The molecule has 0 radical (unpaired) electrons. The Labute approximate surface area is 242 Å². The molecule has 41 heavy (non-hydrogen) atoms. The van der Waals surface area contributed by atoms with Crippen LogP contribution in [-0.4, -0.2) is 80.2 Å². The van der Waals surface area contributed by atoms with Gasteiger partial charge in [-0.2, -0.15) is 10.1 Å². The molecule has 2 aliphatic rings. The molecule has 0 atom stereocenters. The largest absolute Gasteiger partial charge is 0.369 e. The molecule has 5 aromatic rings. The summed E-state index contributed by atoms with van der Waals surface area (Å²) in [6.45, 7) is 7.33. The van der Waals surface area contributed by atoms with E-state index >= 15 is 0 Å². The van der Waals surface area contributed by atoms with E-state index in [-0.39, 0.29) is 5.91 Å². The number of rotatable bonds is 5. The lowest BCUT2D eigenvalue weighted by atomic mass is 10.1. The van der Waals surface area contributed by atoms with Crippen LogP contribution >= 0.6 is 11.3 Å². The molecule has 0 spiro atoms. The Hall–Kier alpha value is -4.22. The maximum atomic E-state index is 13.3. The summed E-state index contributed by atoms with van der Waals surface area (Å²) in [6.07, 6.45) is 4.55. The molecule has 4 aromatic heterocycles. The van der Waals surface area contributed by atoms with Crippen molar-refractivity contribution in [3.05, 3.63) is 70.5 Å². The highest BCUT2D eigenvalue weighted by molar-refractivity contribution is 7.15.